The van der Waals surface area contributed by atoms with E-state index in [4.69, 9.17) is 9.47 Å². The molecule has 12 heteroatoms. The van der Waals surface area contributed by atoms with Gasteiger partial charge in [0.25, 0.3) is 0 Å². The summed E-state index contributed by atoms with van der Waals surface area (Å²) in [4.78, 5) is 32.0. The van der Waals surface area contributed by atoms with Gasteiger partial charge in [0.1, 0.15) is 0 Å². The second-order valence-corrected chi connectivity index (χ2v) is 13.8. The fourth-order valence-corrected chi connectivity index (χ4v) is 8.81. The predicted molar refractivity (Wildman–Crippen MR) is 156 cm³/mol. The topological polar surface area (TPSA) is 99.7 Å². The third-order valence-corrected chi connectivity index (χ3v) is 11.3. The van der Waals surface area contributed by atoms with Crippen LogP contribution in [0.25, 0.3) is 0 Å². The zero-order valence-corrected chi connectivity index (χ0v) is 25.6. The maximum absolute atomic E-state index is 13.8. The first-order valence-corrected chi connectivity index (χ1v) is 16.5. The Hall–Kier alpha value is -2.67. The van der Waals surface area contributed by atoms with E-state index in [2.05, 4.69) is 20.8 Å². The summed E-state index contributed by atoms with van der Waals surface area (Å²) >= 11 is 3.47. The molecule has 2 saturated heterocycles. The second-order valence-electron chi connectivity index (χ2n) is 11.1. The molecule has 0 saturated carbocycles. The molecular formula is C29H35BrN4O6S. The summed E-state index contributed by atoms with van der Waals surface area (Å²) < 4.78 is 40.5. The summed E-state index contributed by atoms with van der Waals surface area (Å²) in [6, 6.07) is 9.43. The van der Waals surface area contributed by atoms with E-state index in [9.17, 15) is 18.0 Å². The highest BCUT2D eigenvalue weighted by Crippen LogP contribution is 2.38. The number of nitrogens with zero attached hydrogens (tertiary/aromatic N) is 4. The predicted octanol–water partition coefficient (Wildman–Crippen LogP) is 3.22. The molecule has 10 nitrogen and oxygen atoms in total. The Morgan fingerprint density at radius 2 is 1.78 bits per heavy atom. The summed E-state index contributed by atoms with van der Waals surface area (Å²) in [5.74, 6) is 1.18. The van der Waals surface area contributed by atoms with E-state index in [1.807, 2.05) is 29.2 Å². The SMILES string of the molecule is CCC(=O)N1CCc2cc(Br)c(S(=O)(=O)N3CCC[C@@H](C(=O)N4CCN(Cc5ccc6c(c5)OCO6)CC4)C3)cc21. The Morgan fingerprint density at radius 1 is 1.00 bits per heavy atom. The lowest BCUT2D eigenvalue weighted by atomic mass is 9.97. The molecule has 4 aliphatic heterocycles. The summed E-state index contributed by atoms with van der Waals surface area (Å²) in [6.07, 6.45) is 2.36. The number of carbonyl (C=O) groups is 2. The first kappa shape index (κ1) is 28.4. The summed E-state index contributed by atoms with van der Waals surface area (Å²) in [7, 11) is -3.86. The average molecular weight is 648 g/mol. The molecule has 0 spiro atoms. The maximum Gasteiger partial charge on any atom is 0.244 e. The van der Waals surface area contributed by atoms with E-state index in [-0.39, 0.29) is 36.0 Å². The van der Waals surface area contributed by atoms with Gasteiger partial charge in [-0.05, 0) is 70.6 Å². The number of rotatable bonds is 6. The second kappa shape index (κ2) is 11.5. The summed E-state index contributed by atoms with van der Waals surface area (Å²) in [5, 5.41) is 0. The van der Waals surface area contributed by atoms with Crippen LogP contribution in [0, 0.1) is 5.92 Å². The fraction of sp³-hybridized carbons (Fsp3) is 0.517. The van der Waals surface area contributed by atoms with Crippen molar-refractivity contribution in [3.8, 4) is 11.5 Å². The molecule has 2 aromatic carbocycles. The van der Waals surface area contributed by atoms with Crippen LogP contribution >= 0.6 is 15.9 Å². The number of amides is 2. The van der Waals surface area contributed by atoms with Crippen LogP contribution in [0.2, 0.25) is 0 Å². The Balaban J connectivity index is 1.09. The molecule has 6 rings (SSSR count). The lowest BCUT2D eigenvalue weighted by Gasteiger charge is -2.38. The number of halogens is 1. The quantitative estimate of drug-likeness (QED) is 0.475. The molecule has 0 aliphatic carbocycles. The zero-order valence-electron chi connectivity index (χ0n) is 23.2. The van der Waals surface area contributed by atoms with Crippen molar-refractivity contribution in [2.24, 2.45) is 5.92 Å². The number of hydrogen-bond acceptors (Lipinski definition) is 7. The van der Waals surface area contributed by atoms with E-state index in [0.717, 1.165) is 42.3 Å². The van der Waals surface area contributed by atoms with Crippen molar-refractivity contribution >= 4 is 43.5 Å². The molecule has 4 aliphatic rings. The highest BCUT2D eigenvalue weighted by molar-refractivity contribution is 9.10. The normalized spacial score (nSPS) is 21.3. The average Bonchev–Trinajstić information content (AvgIpc) is 3.63. The van der Waals surface area contributed by atoms with E-state index >= 15 is 0 Å². The maximum atomic E-state index is 13.8. The van der Waals surface area contributed by atoms with Crippen molar-refractivity contribution in [3.05, 3.63) is 45.9 Å². The number of ether oxygens (including phenoxy) is 2. The standard InChI is InChI=1S/C29H35BrN4O6S/c1-2-28(35)34-9-7-21-15-23(30)27(16-24(21)34)41(37,38)33-8-3-4-22(18-33)29(36)32-12-10-31(11-13-32)17-20-5-6-25-26(14-20)40-19-39-25/h5-6,14-16,22H,2-4,7-13,17-19H2,1H3/t22-/m1/s1. The van der Waals surface area contributed by atoms with Gasteiger partial charge in [-0.25, -0.2) is 8.42 Å². The van der Waals surface area contributed by atoms with Gasteiger partial charge < -0.3 is 19.3 Å². The summed E-state index contributed by atoms with van der Waals surface area (Å²) in [6.45, 7) is 6.66. The molecule has 2 aromatic rings. The largest absolute Gasteiger partial charge is 0.454 e. The number of piperidine rings is 1. The van der Waals surface area contributed by atoms with E-state index in [1.165, 1.54) is 4.31 Å². The summed E-state index contributed by atoms with van der Waals surface area (Å²) in [5.41, 5.74) is 2.77. The minimum absolute atomic E-state index is 0.0194. The fourth-order valence-electron chi connectivity index (χ4n) is 6.22. The number of anilines is 1. The van der Waals surface area contributed by atoms with Crippen LogP contribution in [0.15, 0.2) is 39.7 Å². The first-order valence-electron chi connectivity index (χ1n) is 14.3. The van der Waals surface area contributed by atoms with Crippen LogP contribution in [0.5, 0.6) is 11.5 Å². The number of piperazine rings is 1. The molecule has 41 heavy (non-hydrogen) atoms. The van der Waals surface area contributed by atoms with Gasteiger partial charge >= 0.3 is 0 Å². The van der Waals surface area contributed by atoms with Gasteiger partial charge in [-0.15, -0.1) is 0 Å². The van der Waals surface area contributed by atoms with Crippen molar-refractivity contribution in [1.29, 1.82) is 0 Å². The van der Waals surface area contributed by atoms with Crippen molar-refractivity contribution in [2.45, 2.75) is 44.0 Å². The molecule has 4 heterocycles. The third-order valence-electron chi connectivity index (χ3n) is 8.51. The van der Waals surface area contributed by atoms with Gasteiger partial charge in [-0.1, -0.05) is 13.0 Å². The van der Waals surface area contributed by atoms with Crippen LogP contribution in [-0.2, 0) is 32.6 Å². The van der Waals surface area contributed by atoms with Crippen LogP contribution in [0.1, 0.15) is 37.3 Å². The molecule has 0 bridgehead atoms. The van der Waals surface area contributed by atoms with Crippen molar-refractivity contribution in [2.75, 3.05) is 57.5 Å². The van der Waals surface area contributed by atoms with Gasteiger partial charge in [0.05, 0.1) is 10.8 Å². The monoisotopic (exact) mass is 646 g/mol. The molecule has 0 N–H and O–H groups in total. The number of carbonyl (C=O) groups excluding carboxylic acids is 2. The van der Waals surface area contributed by atoms with E-state index in [0.29, 0.717) is 62.0 Å². The van der Waals surface area contributed by atoms with Gasteiger partial charge in [0.15, 0.2) is 11.5 Å². The third kappa shape index (κ3) is 5.59. The van der Waals surface area contributed by atoms with Crippen molar-refractivity contribution in [3.63, 3.8) is 0 Å². The lowest BCUT2D eigenvalue weighted by Crippen LogP contribution is -2.52. The molecule has 0 unspecified atom stereocenters. The molecule has 0 aromatic heterocycles. The van der Waals surface area contributed by atoms with Crippen LogP contribution in [0.4, 0.5) is 5.69 Å². The molecule has 1 atom stereocenters. The van der Waals surface area contributed by atoms with Crippen LogP contribution < -0.4 is 14.4 Å². The van der Waals surface area contributed by atoms with Gasteiger partial charge in [-0.3, -0.25) is 14.5 Å². The minimum Gasteiger partial charge on any atom is -0.454 e. The number of fused-ring (bicyclic) bond motifs is 2. The Morgan fingerprint density at radius 3 is 2.56 bits per heavy atom. The molecule has 2 amide bonds. The minimum atomic E-state index is -3.86. The van der Waals surface area contributed by atoms with Crippen molar-refractivity contribution < 1.29 is 27.5 Å². The molecular weight excluding hydrogens is 612 g/mol. The van der Waals surface area contributed by atoms with E-state index < -0.39 is 10.0 Å². The zero-order chi connectivity index (χ0) is 28.7. The molecule has 2 fully saturated rings. The molecule has 0 radical (unpaired) electrons. The highest BCUT2D eigenvalue weighted by Gasteiger charge is 2.38. The van der Waals surface area contributed by atoms with Gasteiger partial charge in [0.2, 0.25) is 28.6 Å². The van der Waals surface area contributed by atoms with Crippen LogP contribution in [-0.4, -0.2) is 86.9 Å². The first-order chi connectivity index (χ1) is 19.7. The van der Waals surface area contributed by atoms with Crippen molar-refractivity contribution in [1.82, 2.24) is 14.1 Å². The smallest absolute Gasteiger partial charge is 0.244 e. The Bertz CT molecular complexity index is 1460. The van der Waals surface area contributed by atoms with Crippen LogP contribution in [0.3, 0.4) is 0 Å². The number of sulfonamides is 1. The van der Waals surface area contributed by atoms with E-state index in [1.54, 1.807) is 17.9 Å². The van der Waals surface area contributed by atoms with Gasteiger partial charge in [0, 0.05) is 68.9 Å². The lowest BCUT2D eigenvalue weighted by molar-refractivity contribution is -0.138. The number of hydrogen-bond donors (Lipinski definition) is 0. The number of benzene rings is 2. The molecule has 220 valence electrons. The highest BCUT2D eigenvalue weighted by atomic mass is 79.9. The Labute approximate surface area is 249 Å². The van der Waals surface area contributed by atoms with Gasteiger partial charge in [-0.2, -0.15) is 4.31 Å². The Kier molecular flexibility index (Phi) is 8.01.